The number of fused-ring (bicyclic) bond motifs is 1. The summed E-state index contributed by atoms with van der Waals surface area (Å²) in [6.07, 6.45) is 8.54. The molecule has 2 atom stereocenters. The maximum Gasteiger partial charge on any atom is 0.238 e. The summed E-state index contributed by atoms with van der Waals surface area (Å²) in [7, 11) is 0. The van der Waals surface area contributed by atoms with Crippen molar-refractivity contribution in [3.8, 4) is 5.69 Å². The molecule has 0 saturated carbocycles. The Morgan fingerprint density at radius 2 is 2.00 bits per heavy atom. The molecule has 0 spiro atoms. The molecule has 5 rings (SSSR count). The van der Waals surface area contributed by atoms with Gasteiger partial charge in [0.05, 0.1) is 11.4 Å². The molecule has 34 heavy (non-hydrogen) atoms. The second-order valence-corrected chi connectivity index (χ2v) is 9.41. The third-order valence-electron chi connectivity index (χ3n) is 6.86. The number of hydrazone groups is 1. The normalized spacial score (nSPS) is 22.6. The Kier molecular flexibility index (Phi) is 6.03. The molecule has 1 N–H and O–H groups in total. The Morgan fingerprint density at radius 3 is 2.74 bits per heavy atom. The van der Waals surface area contributed by atoms with Crippen LogP contribution in [0.3, 0.4) is 0 Å². The van der Waals surface area contributed by atoms with E-state index in [0.29, 0.717) is 17.8 Å². The fourth-order valence-electron chi connectivity index (χ4n) is 4.86. The first-order valence-electron chi connectivity index (χ1n) is 11.8. The topological polar surface area (TPSA) is 78.1 Å². The van der Waals surface area contributed by atoms with Crippen LogP contribution in [0.25, 0.3) is 5.69 Å². The van der Waals surface area contributed by atoms with E-state index in [1.807, 2.05) is 13.0 Å². The molecule has 1 aromatic heterocycles. The average Bonchev–Trinajstić information content (AvgIpc) is 3.44. The number of hydrogen-bond donors (Lipinski definition) is 1. The quantitative estimate of drug-likeness (QED) is 0.734. The van der Waals surface area contributed by atoms with Gasteiger partial charge >= 0.3 is 0 Å². The summed E-state index contributed by atoms with van der Waals surface area (Å²) in [5, 5.41) is 13.9. The maximum absolute atomic E-state index is 13.8. The van der Waals surface area contributed by atoms with Crippen molar-refractivity contribution >= 4 is 24.2 Å². The Labute approximate surface area is 198 Å². The van der Waals surface area contributed by atoms with E-state index in [1.165, 1.54) is 12.1 Å². The van der Waals surface area contributed by atoms with Crippen LogP contribution in [0.1, 0.15) is 43.9 Å². The van der Waals surface area contributed by atoms with Gasteiger partial charge in [-0.1, -0.05) is 0 Å². The van der Waals surface area contributed by atoms with Crippen LogP contribution in [0, 0.1) is 18.7 Å². The summed E-state index contributed by atoms with van der Waals surface area (Å²) in [6.45, 7) is 8.33. The number of hydrogen-bond acceptors (Lipinski definition) is 6. The lowest BCUT2D eigenvalue weighted by Crippen LogP contribution is -2.37. The SMILES string of the molecule is Cc1cc(F)ccc1-n1nc(C2CCN(C(C)C)CC2)cc1NC(=O)C1C=NN2C=CC=NC12. The molecule has 8 nitrogen and oxygen atoms in total. The number of aromatic nitrogens is 2. The molecule has 2 unspecified atom stereocenters. The third kappa shape index (κ3) is 4.27. The predicted molar refractivity (Wildman–Crippen MR) is 131 cm³/mol. The Bertz CT molecular complexity index is 1160. The fraction of sp³-hybridized carbons (Fsp3) is 0.440. The van der Waals surface area contributed by atoms with Gasteiger partial charge in [-0.05, 0) is 76.5 Å². The number of nitrogens with zero attached hydrogens (tertiary/aromatic N) is 6. The van der Waals surface area contributed by atoms with Gasteiger partial charge in [0.1, 0.15) is 17.6 Å². The fourth-order valence-corrected chi connectivity index (χ4v) is 4.86. The number of aryl methyl sites for hydroxylation is 1. The van der Waals surface area contributed by atoms with Crippen LogP contribution in [0.5, 0.6) is 0 Å². The maximum atomic E-state index is 13.8. The largest absolute Gasteiger partial charge is 0.310 e. The molecule has 0 radical (unpaired) electrons. The lowest BCUT2D eigenvalue weighted by Gasteiger charge is -2.33. The molecule has 3 aliphatic rings. The molecular formula is C25H30FN7O. The van der Waals surface area contributed by atoms with Crippen LogP contribution in [0.4, 0.5) is 10.2 Å². The number of piperidine rings is 1. The lowest BCUT2D eigenvalue weighted by atomic mass is 9.93. The number of rotatable bonds is 5. The first-order valence-corrected chi connectivity index (χ1v) is 11.8. The van der Waals surface area contributed by atoms with E-state index in [0.717, 1.165) is 42.9 Å². The van der Waals surface area contributed by atoms with Crippen LogP contribution in [0.2, 0.25) is 0 Å². The van der Waals surface area contributed by atoms with E-state index in [4.69, 9.17) is 5.10 Å². The van der Waals surface area contributed by atoms with Crippen LogP contribution >= 0.6 is 0 Å². The summed E-state index contributed by atoms with van der Waals surface area (Å²) >= 11 is 0. The van der Waals surface area contributed by atoms with Crippen molar-refractivity contribution in [2.45, 2.75) is 51.7 Å². The van der Waals surface area contributed by atoms with Crippen LogP contribution in [-0.4, -0.2) is 63.3 Å². The highest BCUT2D eigenvalue weighted by Crippen LogP contribution is 2.32. The van der Waals surface area contributed by atoms with Crippen molar-refractivity contribution in [1.82, 2.24) is 19.7 Å². The minimum Gasteiger partial charge on any atom is -0.310 e. The lowest BCUT2D eigenvalue weighted by molar-refractivity contribution is -0.118. The molecule has 9 heteroatoms. The van der Waals surface area contributed by atoms with Gasteiger partial charge in [-0.3, -0.25) is 9.79 Å². The number of nitrogens with one attached hydrogen (secondary N) is 1. The Balaban J connectivity index is 1.43. The summed E-state index contributed by atoms with van der Waals surface area (Å²) in [4.78, 5) is 20.1. The van der Waals surface area contributed by atoms with Gasteiger partial charge in [-0.15, -0.1) is 0 Å². The minimum absolute atomic E-state index is 0.203. The van der Waals surface area contributed by atoms with Crippen molar-refractivity contribution in [3.63, 3.8) is 0 Å². The highest BCUT2D eigenvalue weighted by molar-refractivity contribution is 6.03. The number of halogens is 1. The number of carbonyl (C=O) groups is 1. The zero-order valence-corrected chi connectivity index (χ0v) is 19.7. The van der Waals surface area contributed by atoms with E-state index in [-0.39, 0.29) is 17.9 Å². The summed E-state index contributed by atoms with van der Waals surface area (Å²) in [5.41, 5.74) is 2.43. The Morgan fingerprint density at radius 1 is 1.21 bits per heavy atom. The number of allylic oxidation sites excluding steroid dienone is 1. The zero-order valence-electron chi connectivity index (χ0n) is 19.7. The molecule has 2 aromatic rings. The number of anilines is 1. The molecule has 0 aliphatic carbocycles. The summed E-state index contributed by atoms with van der Waals surface area (Å²) in [6, 6.07) is 7.09. The summed E-state index contributed by atoms with van der Waals surface area (Å²) in [5.74, 6) is -0.138. The van der Waals surface area contributed by atoms with Gasteiger partial charge in [0.2, 0.25) is 5.91 Å². The average molecular weight is 464 g/mol. The minimum atomic E-state index is -0.517. The molecule has 1 fully saturated rings. The van der Waals surface area contributed by atoms with Gasteiger partial charge in [-0.2, -0.15) is 10.2 Å². The van der Waals surface area contributed by atoms with Crippen LogP contribution < -0.4 is 5.32 Å². The van der Waals surface area contributed by atoms with Crippen molar-refractivity contribution in [2.75, 3.05) is 18.4 Å². The highest BCUT2D eigenvalue weighted by Gasteiger charge is 2.36. The van der Waals surface area contributed by atoms with Crippen molar-refractivity contribution in [2.24, 2.45) is 16.0 Å². The molecule has 0 bridgehead atoms. The second kappa shape index (κ2) is 9.13. The van der Waals surface area contributed by atoms with E-state index in [2.05, 4.69) is 34.2 Å². The number of benzene rings is 1. The van der Waals surface area contributed by atoms with Crippen LogP contribution in [-0.2, 0) is 4.79 Å². The van der Waals surface area contributed by atoms with Crippen molar-refractivity contribution < 1.29 is 9.18 Å². The molecule has 4 heterocycles. The third-order valence-corrected chi connectivity index (χ3v) is 6.86. The standard InChI is InChI=1S/C25H30FN7O/c1-16(2)31-11-7-18(8-12-31)21-14-23(33(30-21)22-6-5-19(26)13-17(22)3)29-25(34)20-15-28-32-10-4-9-27-24(20)32/h4-6,9-10,13-16,18,20,24H,7-8,11-12H2,1-3H3,(H,29,34). The monoisotopic (exact) mass is 463 g/mol. The van der Waals surface area contributed by atoms with Gasteiger partial charge in [-0.25, -0.2) is 14.1 Å². The van der Waals surface area contributed by atoms with E-state index in [9.17, 15) is 9.18 Å². The number of amides is 1. The zero-order chi connectivity index (χ0) is 23.8. The summed E-state index contributed by atoms with van der Waals surface area (Å²) < 4.78 is 15.5. The van der Waals surface area contributed by atoms with E-state index < -0.39 is 5.92 Å². The van der Waals surface area contributed by atoms with Gasteiger partial charge in [0.15, 0.2) is 6.17 Å². The first-order chi connectivity index (χ1) is 16.4. The van der Waals surface area contributed by atoms with E-state index in [1.54, 1.807) is 40.5 Å². The molecule has 1 amide bonds. The van der Waals surface area contributed by atoms with Gasteiger partial charge in [0, 0.05) is 36.7 Å². The first kappa shape index (κ1) is 22.5. The molecule has 1 saturated heterocycles. The molecular weight excluding hydrogens is 433 g/mol. The molecule has 1 aromatic carbocycles. The Hall–Kier alpha value is -3.33. The van der Waals surface area contributed by atoms with Crippen molar-refractivity contribution in [1.29, 1.82) is 0 Å². The highest BCUT2D eigenvalue weighted by atomic mass is 19.1. The van der Waals surface area contributed by atoms with Gasteiger partial charge in [0.25, 0.3) is 0 Å². The number of likely N-dealkylation sites (tertiary alicyclic amines) is 1. The second-order valence-electron chi connectivity index (χ2n) is 9.41. The smallest absolute Gasteiger partial charge is 0.238 e. The van der Waals surface area contributed by atoms with Gasteiger partial charge < -0.3 is 10.2 Å². The van der Waals surface area contributed by atoms with Crippen molar-refractivity contribution in [3.05, 3.63) is 53.6 Å². The van der Waals surface area contributed by atoms with E-state index >= 15 is 0 Å². The molecule has 3 aliphatic heterocycles. The predicted octanol–water partition coefficient (Wildman–Crippen LogP) is 3.69. The molecule has 178 valence electrons. The number of aliphatic imine (C=N–C) groups is 1. The van der Waals surface area contributed by atoms with Crippen LogP contribution in [0.15, 0.2) is 46.6 Å². The number of carbonyl (C=O) groups excluding carboxylic acids is 1.